The van der Waals surface area contributed by atoms with Gasteiger partial charge in [-0.2, -0.15) is 0 Å². The number of Topliss-reactive ketones (excluding diaryl/α,β-unsaturated/α-hetero) is 1. The minimum atomic E-state index is 0.0950. The number of aromatic nitrogens is 1. The number of thiophene rings is 1. The average molecular weight is 353 g/mol. The number of carbonyl (C=O) groups is 2. The molecule has 1 N–H and O–H groups in total. The van der Waals surface area contributed by atoms with Gasteiger partial charge in [0.05, 0.1) is 11.4 Å². The summed E-state index contributed by atoms with van der Waals surface area (Å²) < 4.78 is 0. The van der Waals surface area contributed by atoms with E-state index in [9.17, 15) is 9.59 Å². The molecule has 0 radical (unpaired) electrons. The van der Waals surface area contributed by atoms with Crippen molar-refractivity contribution in [3.05, 3.63) is 58.4 Å². The van der Waals surface area contributed by atoms with Crippen LogP contribution in [0.3, 0.4) is 0 Å². The van der Waals surface area contributed by atoms with Crippen molar-refractivity contribution in [1.82, 2.24) is 14.8 Å². The Balaban J connectivity index is 1.37. The van der Waals surface area contributed by atoms with Gasteiger partial charge in [0.2, 0.25) is 0 Å². The molecule has 0 atom stereocenters. The van der Waals surface area contributed by atoms with E-state index in [0.717, 1.165) is 34.4 Å². The van der Waals surface area contributed by atoms with Crippen LogP contribution in [0.2, 0.25) is 0 Å². The lowest BCUT2D eigenvalue weighted by Gasteiger charge is -2.34. The Morgan fingerprint density at radius 3 is 2.60 bits per heavy atom. The fourth-order valence-electron chi connectivity index (χ4n) is 3.26. The van der Waals surface area contributed by atoms with E-state index in [4.69, 9.17) is 0 Å². The van der Waals surface area contributed by atoms with Crippen molar-refractivity contribution < 1.29 is 9.59 Å². The molecule has 1 saturated heterocycles. The standard InChI is InChI=1S/C19H19N3O2S/c23-17(15-12-20-16-5-2-1-4-14(15)16)13-21-7-9-22(10-8-21)19(24)18-6-3-11-25-18/h1-6,11-12,20H,7-10,13H2. The quantitative estimate of drug-likeness (QED) is 0.734. The van der Waals surface area contributed by atoms with E-state index in [1.54, 1.807) is 6.20 Å². The van der Waals surface area contributed by atoms with Crippen LogP contribution in [0.4, 0.5) is 0 Å². The minimum Gasteiger partial charge on any atom is -0.360 e. The third kappa shape index (κ3) is 3.23. The minimum absolute atomic E-state index is 0.0950. The zero-order valence-corrected chi connectivity index (χ0v) is 14.6. The molecule has 2 aromatic heterocycles. The van der Waals surface area contributed by atoms with Crippen LogP contribution in [0.1, 0.15) is 20.0 Å². The molecule has 0 bridgehead atoms. The first kappa shape index (κ1) is 16.1. The van der Waals surface area contributed by atoms with Crippen molar-refractivity contribution >= 4 is 33.9 Å². The van der Waals surface area contributed by atoms with E-state index in [1.807, 2.05) is 46.7 Å². The fraction of sp³-hybridized carbons (Fsp3) is 0.263. The van der Waals surface area contributed by atoms with Crippen molar-refractivity contribution in [2.75, 3.05) is 32.7 Å². The van der Waals surface area contributed by atoms with Crippen LogP contribution in [0, 0.1) is 0 Å². The molecule has 3 aromatic rings. The number of ketones is 1. The van der Waals surface area contributed by atoms with Crippen LogP contribution in [0.25, 0.3) is 10.9 Å². The molecule has 1 aliphatic rings. The van der Waals surface area contributed by atoms with Gasteiger partial charge in [-0.15, -0.1) is 11.3 Å². The summed E-state index contributed by atoms with van der Waals surface area (Å²) in [6, 6.07) is 11.6. The Morgan fingerprint density at radius 2 is 1.84 bits per heavy atom. The number of aromatic amines is 1. The third-order valence-corrected chi connectivity index (χ3v) is 5.51. The second kappa shape index (κ2) is 6.82. The number of carbonyl (C=O) groups excluding carboxylic acids is 2. The lowest BCUT2D eigenvalue weighted by molar-refractivity contribution is 0.0629. The number of nitrogens with one attached hydrogen (secondary N) is 1. The van der Waals surface area contributed by atoms with Crippen LogP contribution in [0.5, 0.6) is 0 Å². The topological polar surface area (TPSA) is 56.4 Å². The van der Waals surface area contributed by atoms with Crippen LogP contribution in [0.15, 0.2) is 48.0 Å². The molecule has 4 rings (SSSR count). The number of nitrogens with zero attached hydrogens (tertiary/aromatic N) is 2. The average Bonchev–Trinajstić information content (AvgIpc) is 3.31. The molecular formula is C19H19N3O2S. The molecule has 128 valence electrons. The first-order valence-corrected chi connectivity index (χ1v) is 9.25. The van der Waals surface area contributed by atoms with Crippen molar-refractivity contribution in [1.29, 1.82) is 0 Å². The summed E-state index contributed by atoms with van der Waals surface area (Å²) in [7, 11) is 0. The SMILES string of the molecule is O=C(CN1CCN(C(=O)c2cccs2)CC1)c1c[nH]c2ccccc12. The van der Waals surface area contributed by atoms with E-state index in [1.165, 1.54) is 11.3 Å². The van der Waals surface area contributed by atoms with Gasteiger partial charge in [0.1, 0.15) is 0 Å². The number of hydrogen-bond acceptors (Lipinski definition) is 4. The van der Waals surface area contributed by atoms with Crippen molar-refractivity contribution in [2.45, 2.75) is 0 Å². The van der Waals surface area contributed by atoms with Crippen molar-refractivity contribution in [3.63, 3.8) is 0 Å². The molecule has 1 aromatic carbocycles. The van der Waals surface area contributed by atoms with Gasteiger partial charge in [-0.1, -0.05) is 24.3 Å². The molecule has 3 heterocycles. The highest BCUT2D eigenvalue weighted by atomic mass is 32.1. The highest BCUT2D eigenvalue weighted by Crippen LogP contribution is 2.19. The summed E-state index contributed by atoms with van der Waals surface area (Å²) in [5.41, 5.74) is 1.73. The number of para-hydroxylation sites is 1. The molecule has 5 nitrogen and oxygen atoms in total. The van der Waals surface area contributed by atoms with Gasteiger partial charge < -0.3 is 9.88 Å². The predicted molar refractivity (Wildman–Crippen MR) is 99.3 cm³/mol. The van der Waals surface area contributed by atoms with E-state index < -0.39 is 0 Å². The highest BCUT2D eigenvalue weighted by Gasteiger charge is 2.24. The van der Waals surface area contributed by atoms with Gasteiger partial charge in [-0.25, -0.2) is 0 Å². The Bertz CT molecular complexity index is 892. The smallest absolute Gasteiger partial charge is 0.264 e. The molecule has 0 unspecified atom stereocenters. The summed E-state index contributed by atoms with van der Waals surface area (Å²) in [5, 5.41) is 2.89. The number of amides is 1. The summed E-state index contributed by atoms with van der Waals surface area (Å²) in [6.07, 6.45) is 1.80. The second-order valence-corrected chi connectivity index (χ2v) is 7.16. The number of benzene rings is 1. The summed E-state index contributed by atoms with van der Waals surface area (Å²) in [6.45, 7) is 3.18. The maximum absolute atomic E-state index is 12.6. The normalized spacial score (nSPS) is 15.6. The van der Waals surface area contributed by atoms with Crippen LogP contribution >= 0.6 is 11.3 Å². The Hall–Kier alpha value is -2.44. The lowest BCUT2D eigenvalue weighted by atomic mass is 10.1. The third-order valence-electron chi connectivity index (χ3n) is 4.65. The first-order chi connectivity index (χ1) is 12.2. The van der Waals surface area contributed by atoms with E-state index in [0.29, 0.717) is 19.6 Å². The maximum Gasteiger partial charge on any atom is 0.264 e. The summed E-state index contributed by atoms with van der Waals surface area (Å²) >= 11 is 1.47. The number of H-pyrrole nitrogens is 1. The number of hydrogen-bond donors (Lipinski definition) is 1. The van der Waals surface area contributed by atoms with Gasteiger partial charge in [0.25, 0.3) is 5.91 Å². The van der Waals surface area contributed by atoms with E-state index >= 15 is 0 Å². The maximum atomic E-state index is 12.6. The molecule has 1 amide bonds. The molecule has 1 aliphatic heterocycles. The Labute approximate surface area is 149 Å². The molecule has 0 aliphatic carbocycles. The van der Waals surface area contributed by atoms with Gasteiger partial charge in [0, 0.05) is 48.8 Å². The predicted octanol–water partition coefficient (Wildman–Crippen LogP) is 2.87. The van der Waals surface area contributed by atoms with Crippen LogP contribution in [-0.4, -0.2) is 59.2 Å². The van der Waals surface area contributed by atoms with E-state index in [-0.39, 0.29) is 11.7 Å². The molecule has 0 saturated carbocycles. The van der Waals surface area contributed by atoms with E-state index in [2.05, 4.69) is 9.88 Å². The molecule has 0 spiro atoms. The van der Waals surface area contributed by atoms with Crippen LogP contribution < -0.4 is 0 Å². The van der Waals surface area contributed by atoms with Crippen molar-refractivity contribution in [2.24, 2.45) is 0 Å². The van der Waals surface area contributed by atoms with Gasteiger partial charge in [0.15, 0.2) is 5.78 Å². The number of piperazine rings is 1. The Kier molecular flexibility index (Phi) is 4.38. The molecule has 6 heteroatoms. The summed E-state index contributed by atoms with van der Waals surface area (Å²) in [4.78, 5) is 33.0. The monoisotopic (exact) mass is 353 g/mol. The Morgan fingerprint density at radius 1 is 1.04 bits per heavy atom. The zero-order chi connectivity index (χ0) is 17.2. The zero-order valence-electron chi connectivity index (χ0n) is 13.8. The molecule has 25 heavy (non-hydrogen) atoms. The first-order valence-electron chi connectivity index (χ1n) is 8.37. The van der Waals surface area contributed by atoms with Crippen LogP contribution in [-0.2, 0) is 0 Å². The number of rotatable bonds is 4. The second-order valence-electron chi connectivity index (χ2n) is 6.22. The molecule has 1 fully saturated rings. The van der Waals surface area contributed by atoms with Crippen molar-refractivity contribution in [3.8, 4) is 0 Å². The lowest BCUT2D eigenvalue weighted by Crippen LogP contribution is -2.49. The number of fused-ring (bicyclic) bond motifs is 1. The molecular weight excluding hydrogens is 334 g/mol. The summed E-state index contributed by atoms with van der Waals surface area (Å²) in [5.74, 6) is 0.216. The fourth-order valence-corrected chi connectivity index (χ4v) is 3.95. The highest BCUT2D eigenvalue weighted by molar-refractivity contribution is 7.12. The van der Waals surface area contributed by atoms with Gasteiger partial charge >= 0.3 is 0 Å². The van der Waals surface area contributed by atoms with Gasteiger partial charge in [-0.05, 0) is 17.5 Å². The largest absolute Gasteiger partial charge is 0.360 e. The van der Waals surface area contributed by atoms with Gasteiger partial charge in [-0.3, -0.25) is 14.5 Å².